The molecule has 254 valence electrons. The summed E-state index contributed by atoms with van der Waals surface area (Å²) in [5.74, 6) is 0. The van der Waals surface area contributed by atoms with Crippen molar-refractivity contribution in [1.82, 2.24) is 0 Å². The molecule has 0 aliphatic rings. The molecule has 0 bridgehead atoms. The summed E-state index contributed by atoms with van der Waals surface area (Å²) in [4.78, 5) is 2.62. The lowest BCUT2D eigenvalue weighted by Gasteiger charge is -2.29. The van der Waals surface area contributed by atoms with Gasteiger partial charge in [0.2, 0.25) is 0 Å². The predicted molar refractivity (Wildman–Crippen MR) is 219 cm³/mol. The minimum atomic E-state index is -0.127. The molecule has 0 aromatic heterocycles. The van der Waals surface area contributed by atoms with E-state index in [0.717, 1.165) is 0 Å². The standard InChI is InChI=1S/C42H66NP3/c1-7-13-28-44(29-14-8-2)40-25-19-22-37(34-40)43(38-23-20-26-41(35-38)45(30-15-9-3)31-16-10-4)39-24-21-27-42(36-39)46(32-17-11-5)33-18-12-6/h19-27,34-36H,7-18,28-33H2,1-6H3. The first-order chi connectivity index (χ1) is 22.6. The van der Waals surface area contributed by atoms with Gasteiger partial charge < -0.3 is 4.90 Å². The maximum absolute atomic E-state index is 2.62. The Balaban J connectivity index is 2.14. The molecule has 4 heteroatoms. The molecule has 0 saturated heterocycles. The zero-order valence-corrected chi connectivity index (χ0v) is 33.1. The van der Waals surface area contributed by atoms with Crippen LogP contribution in [-0.4, -0.2) is 37.0 Å². The summed E-state index contributed by atoms with van der Waals surface area (Å²) in [6.45, 7) is 14.1. The van der Waals surface area contributed by atoms with Crippen LogP contribution in [0.4, 0.5) is 17.1 Å². The molecule has 3 aromatic rings. The molecule has 0 heterocycles. The Bertz CT molecular complexity index is 1050. The number of unbranched alkanes of at least 4 members (excludes halogenated alkanes) is 6. The summed E-state index contributed by atoms with van der Waals surface area (Å²) >= 11 is 0. The maximum Gasteiger partial charge on any atom is 0.0467 e. The normalized spacial score (nSPS) is 11.7. The van der Waals surface area contributed by atoms with Gasteiger partial charge in [-0.15, -0.1) is 0 Å². The molecule has 0 aliphatic carbocycles. The molecule has 0 aliphatic heterocycles. The van der Waals surface area contributed by atoms with Gasteiger partial charge in [0, 0.05) is 17.1 Å². The van der Waals surface area contributed by atoms with E-state index in [4.69, 9.17) is 0 Å². The molecular weight excluding hydrogens is 611 g/mol. The minimum Gasteiger partial charge on any atom is -0.310 e. The van der Waals surface area contributed by atoms with Crippen molar-refractivity contribution in [2.45, 2.75) is 119 Å². The van der Waals surface area contributed by atoms with E-state index in [9.17, 15) is 0 Å². The number of hydrogen-bond donors (Lipinski definition) is 0. The molecule has 0 unspecified atom stereocenters. The first-order valence-corrected chi connectivity index (χ1v) is 24.1. The van der Waals surface area contributed by atoms with Gasteiger partial charge in [-0.3, -0.25) is 0 Å². The molecule has 0 N–H and O–H groups in total. The second kappa shape index (κ2) is 23.2. The fourth-order valence-corrected chi connectivity index (χ4v) is 14.4. The van der Waals surface area contributed by atoms with Crippen LogP contribution in [0.1, 0.15) is 119 Å². The van der Waals surface area contributed by atoms with E-state index < -0.39 is 0 Å². The molecule has 0 atom stereocenters. The average molecular weight is 678 g/mol. The highest BCUT2D eigenvalue weighted by Crippen LogP contribution is 2.43. The summed E-state index contributed by atoms with van der Waals surface area (Å²) < 4.78 is 0. The third-order valence-corrected chi connectivity index (χ3v) is 17.2. The van der Waals surface area contributed by atoms with Crippen molar-refractivity contribution in [3.05, 3.63) is 72.8 Å². The Morgan fingerprint density at radius 3 is 0.826 bits per heavy atom. The van der Waals surface area contributed by atoms with Crippen LogP contribution in [-0.2, 0) is 0 Å². The van der Waals surface area contributed by atoms with E-state index in [1.807, 2.05) is 0 Å². The molecule has 0 radical (unpaired) electrons. The van der Waals surface area contributed by atoms with E-state index >= 15 is 0 Å². The predicted octanol–water partition coefficient (Wildman–Crippen LogP) is 13.3. The Labute approximate surface area is 289 Å². The van der Waals surface area contributed by atoms with Crippen molar-refractivity contribution in [3.63, 3.8) is 0 Å². The van der Waals surface area contributed by atoms with Gasteiger partial charge in [0.15, 0.2) is 0 Å². The van der Waals surface area contributed by atoms with Gasteiger partial charge in [0.05, 0.1) is 0 Å². The van der Waals surface area contributed by atoms with Crippen molar-refractivity contribution in [3.8, 4) is 0 Å². The van der Waals surface area contributed by atoms with Gasteiger partial charge in [-0.05, 0) is 128 Å². The molecule has 3 aromatic carbocycles. The number of hydrogen-bond acceptors (Lipinski definition) is 1. The largest absolute Gasteiger partial charge is 0.310 e. The van der Waals surface area contributed by atoms with Crippen molar-refractivity contribution < 1.29 is 0 Å². The summed E-state index contributed by atoms with van der Waals surface area (Å²) in [6, 6.07) is 29.2. The zero-order valence-electron chi connectivity index (χ0n) is 30.4. The number of anilines is 3. The second-order valence-electron chi connectivity index (χ2n) is 13.0. The second-order valence-corrected chi connectivity index (χ2v) is 20.4. The quantitative estimate of drug-likeness (QED) is 0.0853. The van der Waals surface area contributed by atoms with Crippen molar-refractivity contribution in [2.75, 3.05) is 41.9 Å². The van der Waals surface area contributed by atoms with Gasteiger partial charge >= 0.3 is 0 Å². The summed E-state index contributed by atoms with van der Waals surface area (Å²) in [5.41, 5.74) is 4.01. The first-order valence-electron chi connectivity index (χ1n) is 18.9. The fourth-order valence-electron chi connectivity index (χ4n) is 6.14. The van der Waals surface area contributed by atoms with E-state index in [2.05, 4.69) is 119 Å². The van der Waals surface area contributed by atoms with Crippen LogP contribution in [0.25, 0.3) is 0 Å². The first kappa shape index (κ1) is 39.2. The Morgan fingerprint density at radius 2 is 0.609 bits per heavy atom. The van der Waals surface area contributed by atoms with Crippen LogP contribution in [0.5, 0.6) is 0 Å². The molecule has 1 nitrogen and oxygen atoms in total. The van der Waals surface area contributed by atoms with Crippen LogP contribution in [0.15, 0.2) is 72.8 Å². The number of rotatable bonds is 24. The molecule has 0 saturated carbocycles. The molecule has 3 rings (SSSR count). The Hall–Kier alpha value is -1.25. The molecule has 46 heavy (non-hydrogen) atoms. The third kappa shape index (κ3) is 12.7. The molecular formula is C42H66NP3. The molecule has 0 amide bonds. The van der Waals surface area contributed by atoms with E-state index in [0.29, 0.717) is 0 Å². The highest BCUT2D eigenvalue weighted by atomic mass is 31.1. The fraction of sp³-hybridized carbons (Fsp3) is 0.571. The SMILES string of the molecule is CCCCP(CCCC)c1cccc(N(c2cccc(P(CCCC)CCCC)c2)c2cccc(P(CCCC)CCCC)c2)c1. The number of benzene rings is 3. The van der Waals surface area contributed by atoms with E-state index in [1.165, 1.54) is 131 Å². The molecule has 0 spiro atoms. The molecule has 0 fully saturated rings. The summed E-state index contributed by atoms with van der Waals surface area (Å²) in [7, 11) is -0.382. The highest BCUT2D eigenvalue weighted by molar-refractivity contribution is 7.66. The lowest BCUT2D eigenvalue weighted by atomic mass is 10.2. The average Bonchev–Trinajstić information content (AvgIpc) is 3.09. The van der Waals surface area contributed by atoms with Crippen molar-refractivity contribution in [2.24, 2.45) is 0 Å². The maximum atomic E-state index is 2.62. The van der Waals surface area contributed by atoms with Gasteiger partial charge in [0.1, 0.15) is 0 Å². The van der Waals surface area contributed by atoms with Crippen LogP contribution in [0, 0.1) is 0 Å². The lowest BCUT2D eigenvalue weighted by molar-refractivity contribution is 0.870. The van der Waals surface area contributed by atoms with Crippen LogP contribution in [0.3, 0.4) is 0 Å². The minimum absolute atomic E-state index is 0.127. The van der Waals surface area contributed by atoms with E-state index in [1.54, 1.807) is 15.9 Å². The van der Waals surface area contributed by atoms with Crippen molar-refractivity contribution >= 4 is 56.7 Å². The van der Waals surface area contributed by atoms with Gasteiger partial charge in [0.25, 0.3) is 0 Å². The zero-order chi connectivity index (χ0) is 33.0. The summed E-state index contributed by atoms with van der Waals surface area (Å²) in [5, 5.41) is 4.77. The van der Waals surface area contributed by atoms with Crippen LogP contribution >= 0.6 is 23.8 Å². The van der Waals surface area contributed by atoms with Gasteiger partial charge in [-0.1, -0.05) is 140 Å². The van der Waals surface area contributed by atoms with Crippen LogP contribution < -0.4 is 20.8 Å². The van der Waals surface area contributed by atoms with Crippen LogP contribution in [0.2, 0.25) is 0 Å². The van der Waals surface area contributed by atoms with Gasteiger partial charge in [-0.2, -0.15) is 0 Å². The Morgan fingerprint density at radius 1 is 0.370 bits per heavy atom. The lowest BCUT2D eigenvalue weighted by Crippen LogP contribution is -2.17. The van der Waals surface area contributed by atoms with E-state index in [-0.39, 0.29) is 23.8 Å². The third-order valence-electron chi connectivity index (χ3n) is 9.05. The highest BCUT2D eigenvalue weighted by Gasteiger charge is 2.20. The number of nitrogens with zero attached hydrogens (tertiary/aromatic N) is 1. The van der Waals surface area contributed by atoms with Gasteiger partial charge in [-0.25, -0.2) is 0 Å². The summed E-state index contributed by atoms with van der Waals surface area (Å²) in [6.07, 6.45) is 23.9. The van der Waals surface area contributed by atoms with Crippen molar-refractivity contribution in [1.29, 1.82) is 0 Å². The smallest absolute Gasteiger partial charge is 0.0467 e. The topological polar surface area (TPSA) is 3.24 Å². The monoisotopic (exact) mass is 677 g/mol. The Kier molecular flexibility index (Phi) is 19.7.